The number of fused-ring (bicyclic) bond motifs is 1. The molecule has 1 aromatic heterocycles. The minimum absolute atomic E-state index is 0.161. The molecule has 0 unspecified atom stereocenters. The maximum atomic E-state index is 14.1. The van der Waals surface area contributed by atoms with Crippen molar-refractivity contribution in [2.24, 2.45) is 0 Å². The molecule has 0 saturated carbocycles. The first kappa shape index (κ1) is 21.6. The largest absolute Gasteiger partial charge is 0.494 e. The minimum atomic E-state index is -0.161. The summed E-state index contributed by atoms with van der Waals surface area (Å²) >= 11 is 0. The summed E-state index contributed by atoms with van der Waals surface area (Å²) in [5.41, 5.74) is 4.32. The van der Waals surface area contributed by atoms with Gasteiger partial charge in [0.15, 0.2) is 0 Å². The standard InChI is InChI=1S/C26H30FN5O/c1-2-33-22-9-7-20(8-10-22)18-30-12-11-24-21(19-30)17-28-26(29-24)32-15-13-31(14-16-32)25-6-4-3-5-23(25)27/h3-10,17H,2,11-16,18-19H2,1H3. The molecule has 0 radical (unpaired) electrons. The number of halogens is 1. The van der Waals surface area contributed by atoms with E-state index in [2.05, 4.69) is 31.8 Å². The molecule has 2 aliphatic rings. The van der Waals surface area contributed by atoms with Crippen molar-refractivity contribution in [3.8, 4) is 5.75 Å². The highest BCUT2D eigenvalue weighted by atomic mass is 19.1. The second kappa shape index (κ2) is 9.75. The highest BCUT2D eigenvalue weighted by Gasteiger charge is 2.23. The van der Waals surface area contributed by atoms with E-state index in [0.29, 0.717) is 12.3 Å². The van der Waals surface area contributed by atoms with Gasteiger partial charge < -0.3 is 14.5 Å². The number of piperazine rings is 1. The summed E-state index contributed by atoms with van der Waals surface area (Å²) in [7, 11) is 0. The van der Waals surface area contributed by atoms with Crippen LogP contribution in [0.1, 0.15) is 23.7 Å². The van der Waals surface area contributed by atoms with Crippen molar-refractivity contribution in [2.75, 3.05) is 49.1 Å². The summed E-state index contributed by atoms with van der Waals surface area (Å²) in [6.07, 6.45) is 2.92. The number of hydrogen-bond donors (Lipinski definition) is 0. The first-order valence-electron chi connectivity index (χ1n) is 11.7. The maximum absolute atomic E-state index is 14.1. The minimum Gasteiger partial charge on any atom is -0.494 e. The van der Waals surface area contributed by atoms with E-state index in [1.54, 1.807) is 6.07 Å². The first-order valence-corrected chi connectivity index (χ1v) is 11.7. The summed E-state index contributed by atoms with van der Waals surface area (Å²) in [4.78, 5) is 16.3. The molecule has 2 aromatic carbocycles. The van der Waals surface area contributed by atoms with Gasteiger partial charge in [-0.15, -0.1) is 0 Å². The van der Waals surface area contributed by atoms with Gasteiger partial charge in [0.05, 0.1) is 18.0 Å². The van der Waals surface area contributed by atoms with Crippen LogP contribution in [-0.4, -0.2) is 54.2 Å². The van der Waals surface area contributed by atoms with Crippen molar-refractivity contribution < 1.29 is 9.13 Å². The van der Waals surface area contributed by atoms with Gasteiger partial charge in [-0.2, -0.15) is 0 Å². The van der Waals surface area contributed by atoms with E-state index in [-0.39, 0.29) is 5.82 Å². The van der Waals surface area contributed by atoms with Crippen LogP contribution in [0.4, 0.5) is 16.0 Å². The highest BCUT2D eigenvalue weighted by Crippen LogP contribution is 2.24. The van der Waals surface area contributed by atoms with E-state index < -0.39 is 0 Å². The van der Waals surface area contributed by atoms with Crippen LogP contribution in [0, 0.1) is 5.82 Å². The molecule has 33 heavy (non-hydrogen) atoms. The summed E-state index contributed by atoms with van der Waals surface area (Å²) in [6.45, 7) is 8.54. The van der Waals surface area contributed by atoms with Crippen LogP contribution in [0.2, 0.25) is 0 Å². The Labute approximate surface area is 194 Å². The van der Waals surface area contributed by atoms with Crippen molar-refractivity contribution >= 4 is 11.6 Å². The van der Waals surface area contributed by atoms with Gasteiger partial charge in [0.25, 0.3) is 0 Å². The molecule has 1 fully saturated rings. The molecule has 6 nitrogen and oxygen atoms in total. The number of anilines is 2. The van der Waals surface area contributed by atoms with Crippen LogP contribution in [0.15, 0.2) is 54.7 Å². The van der Waals surface area contributed by atoms with E-state index in [1.807, 2.05) is 37.4 Å². The topological polar surface area (TPSA) is 44.7 Å². The zero-order valence-electron chi connectivity index (χ0n) is 19.1. The lowest BCUT2D eigenvalue weighted by atomic mass is 10.1. The molecule has 172 valence electrons. The summed E-state index contributed by atoms with van der Waals surface area (Å²) in [6, 6.07) is 15.3. The third kappa shape index (κ3) is 4.93. The molecule has 2 aliphatic heterocycles. The SMILES string of the molecule is CCOc1ccc(CN2CCc3nc(N4CCN(c5ccccc5F)CC4)ncc3C2)cc1. The molecule has 5 rings (SSSR count). The van der Waals surface area contributed by atoms with Crippen LogP contribution >= 0.6 is 0 Å². The predicted molar refractivity (Wildman–Crippen MR) is 128 cm³/mol. The zero-order valence-corrected chi connectivity index (χ0v) is 19.1. The van der Waals surface area contributed by atoms with E-state index in [9.17, 15) is 4.39 Å². The number of rotatable bonds is 6. The van der Waals surface area contributed by atoms with Crippen LogP contribution in [0.3, 0.4) is 0 Å². The summed E-state index contributed by atoms with van der Waals surface area (Å²) in [5, 5.41) is 0. The molecular weight excluding hydrogens is 417 g/mol. The van der Waals surface area contributed by atoms with E-state index in [4.69, 9.17) is 9.72 Å². The Balaban J connectivity index is 1.19. The lowest BCUT2D eigenvalue weighted by Crippen LogP contribution is -2.47. The summed E-state index contributed by atoms with van der Waals surface area (Å²) in [5.74, 6) is 1.55. The fourth-order valence-electron chi connectivity index (χ4n) is 4.62. The van der Waals surface area contributed by atoms with Crippen LogP contribution in [-0.2, 0) is 19.5 Å². The van der Waals surface area contributed by atoms with Crippen LogP contribution < -0.4 is 14.5 Å². The van der Waals surface area contributed by atoms with Crippen molar-refractivity contribution in [2.45, 2.75) is 26.4 Å². The Hall–Kier alpha value is -3.19. The Kier molecular flexibility index (Phi) is 6.39. The van der Waals surface area contributed by atoms with E-state index in [0.717, 1.165) is 69.6 Å². The van der Waals surface area contributed by atoms with Gasteiger partial charge in [-0.1, -0.05) is 24.3 Å². The lowest BCUT2D eigenvalue weighted by molar-refractivity contribution is 0.242. The van der Waals surface area contributed by atoms with Crippen molar-refractivity contribution in [1.29, 1.82) is 0 Å². The molecule has 0 N–H and O–H groups in total. The normalized spacial score (nSPS) is 16.5. The van der Waals surface area contributed by atoms with Crippen molar-refractivity contribution in [3.63, 3.8) is 0 Å². The number of aromatic nitrogens is 2. The second-order valence-electron chi connectivity index (χ2n) is 8.61. The van der Waals surface area contributed by atoms with Gasteiger partial charge >= 0.3 is 0 Å². The van der Waals surface area contributed by atoms with E-state index >= 15 is 0 Å². The molecule has 0 amide bonds. The average Bonchev–Trinajstić information content (AvgIpc) is 2.86. The van der Waals surface area contributed by atoms with Gasteiger partial charge in [-0.3, -0.25) is 4.90 Å². The molecule has 3 heterocycles. The number of nitrogens with zero attached hydrogens (tertiary/aromatic N) is 5. The number of ether oxygens (including phenoxy) is 1. The van der Waals surface area contributed by atoms with Gasteiger partial charge in [-0.05, 0) is 36.8 Å². The Morgan fingerprint density at radius 1 is 0.939 bits per heavy atom. The zero-order chi connectivity index (χ0) is 22.6. The summed E-state index contributed by atoms with van der Waals surface area (Å²) < 4.78 is 19.7. The first-order chi connectivity index (χ1) is 16.2. The molecule has 0 atom stereocenters. The Bertz CT molecular complexity index is 1080. The molecule has 1 saturated heterocycles. The highest BCUT2D eigenvalue weighted by molar-refractivity contribution is 5.49. The van der Waals surface area contributed by atoms with Crippen molar-refractivity contribution in [3.05, 3.63) is 77.4 Å². The molecule has 0 bridgehead atoms. The second-order valence-corrected chi connectivity index (χ2v) is 8.61. The van der Waals surface area contributed by atoms with Crippen LogP contribution in [0.5, 0.6) is 5.75 Å². The van der Waals surface area contributed by atoms with Crippen LogP contribution in [0.25, 0.3) is 0 Å². The fourth-order valence-corrected chi connectivity index (χ4v) is 4.62. The fraction of sp³-hybridized carbons (Fsp3) is 0.385. The Morgan fingerprint density at radius 3 is 2.45 bits per heavy atom. The van der Waals surface area contributed by atoms with Gasteiger partial charge in [0.1, 0.15) is 11.6 Å². The molecule has 7 heteroatoms. The number of para-hydroxylation sites is 1. The molecule has 0 spiro atoms. The monoisotopic (exact) mass is 447 g/mol. The van der Waals surface area contributed by atoms with Crippen molar-refractivity contribution in [1.82, 2.24) is 14.9 Å². The third-order valence-electron chi connectivity index (χ3n) is 6.40. The number of benzene rings is 2. The van der Waals surface area contributed by atoms with Gasteiger partial charge in [0.2, 0.25) is 5.95 Å². The lowest BCUT2D eigenvalue weighted by Gasteiger charge is -2.36. The molecule has 0 aliphatic carbocycles. The average molecular weight is 448 g/mol. The predicted octanol–water partition coefficient (Wildman–Crippen LogP) is 3.90. The third-order valence-corrected chi connectivity index (χ3v) is 6.40. The molecule has 3 aromatic rings. The van der Waals surface area contributed by atoms with Gasteiger partial charge in [-0.25, -0.2) is 14.4 Å². The Morgan fingerprint density at radius 2 is 1.70 bits per heavy atom. The molecular formula is C26H30FN5O. The van der Waals surface area contributed by atoms with Gasteiger partial charge in [0, 0.05) is 64.0 Å². The maximum Gasteiger partial charge on any atom is 0.225 e. The number of hydrogen-bond acceptors (Lipinski definition) is 6. The smallest absolute Gasteiger partial charge is 0.225 e. The quantitative estimate of drug-likeness (QED) is 0.571. The van der Waals surface area contributed by atoms with E-state index in [1.165, 1.54) is 17.2 Å².